The van der Waals surface area contributed by atoms with Crippen molar-refractivity contribution in [3.8, 4) is 0 Å². The molecule has 0 atom stereocenters. The van der Waals surface area contributed by atoms with Crippen molar-refractivity contribution in [3.05, 3.63) is 29.8 Å². The summed E-state index contributed by atoms with van der Waals surface area (Å²) in [7, 11) is 0. The van der Waals surface area contributed by atoms with Crippen molar-refractivity contribution in [3.63, 3.8) is 0 Å². The van der Waals surface area contributed by atoms with E-state index in [4.69, 9.17) is 5.11 Å². The third-order valence-electron chi connectivity index (χ3n) is 2.18. The molecule has 0 saturated heterocycles. The lowest BCUT2D eigenvalue weighted by Crippen LogP contribution is -2.31. The highest BCUT2D eigenvalue weighted by molar-refractivity contribution is 7.81. The van der Waals surface area contributed by atoms with E-state index in [0.717, 1.165) is 0 Å². The van der Waals surface area contributed by atoms with Gasteiger partial charge in [0.2, 0.25) is 5.91 Å². The van der Waals surface area contributed by atoms with Crippen LogP contribution in [0.4, 0.5) is 5.69 Å². The minimum absolute atomic E-state index is 0.103. The molecule has 86 valence electrons. The molecule has 1 aromatic rings. The van der Waals surface area contributed by atoms with E-state index in [1.807, 2.05) is 6.92 Å². The molecule has 0 fully saturated rings. The molecule has 4 nitrogen and oxygen atoms in total. The van der Waals surface area contributed by atoms with E-state index < -0.39 is 5.97 Å². The van der Waals surface area contributed by atoms with Crippen LogP contribution in [0, 0.1) is 0 Å². The van der Waals surface area contributed by atoms with Crippen LogP contribution in [0.1, 0.15) is 17.3 Å². The van der Waals surface area contributed by atoms with Crippen LogP contribution in [0.2, 0.25) is 0 Å². The van der Waals surface area contributed by atoms with Crippen molar-refractivity contribution in [1.29, 1.82) is 0 Å². The summed E-state index contributed by atoms with van der Waals surface area (Å²) in [5.41, 5.74) is 0.893. The van der Waals surface area contributed by atoms with Gasteiger partial charge < -0.3 is 10.0 Å². The molecule has 1 aromatic carbocycles. The van der Waals surface area contributed by atoms with Gasteiger partial charge in [0.15, 0.2) is 0 Å². The molecule has 0 heterocycles. The van der Waals surface area contributed by atoms with Crippen molar-refractivity contribution in [2.75, 3.05) is 17.2 Å². The Balaban J connectivity index is 2.95. The van der Waals surface area contributed by atoms with Crippen molar-refractivity contribution < 1.29 is 14.7 Å². The largest absolute Gasteiger partial charge is 0.478 e. The van der Waals surface area contributed by atoms with Gasteiger partial charge in [-0.25, -0.2) is 4.79 Å². The smallest absolute Gasteiger partial charge is 0.335 e. The van der Waals surface area contributed by atoms with Gasteiger partial charge in [-0.05, 0) is 31.2 Å². The SMILES string of the molecule is CCN(C(=O)CS)c1ccc(C(=O)O)cc1. The first-order valence-corrected chi connectivity index (χ1v) is 5.48. The van der Waals surface area contributed by atoms with Gasteiger partial charge in [-0.2, -0.15) is 12.6 Å². The number of hydrogen-bond donors (Lipinski definition) is 2. The summed E-state index contributed by atoms with van der Waals surface area (Å²) >= 11 is 3.93. The first-order chi connectivity index (χ1) is 7.60. The van der Waals surface area contributed by atoms with Gasteiger partial charge in [-0.1, -0.05) is 0 Å². The first kappa shape index (κ1) is 12.6. The van der Waals surface area contributed by atoms with Crippen molar-refractivity contribution in [1.82, 2.24) is 0 Å². The molecule has 1 amide bonds. The molecule has 5 heteroatoms. The number of rotatable bonds is 4. The van der Waals surface area contributed by atoms with E-state index in [-0.39, 0.29) is 17.2 Å². The first-order valence-electron chi connectivity index (χ1n) is 4.84. The molecule has 0 radical (unpaired) electrons. The maximum absolute atomic E-state index is 11.5. The number of carbonyl (C=O) groups is 2. The second kappa shape index (κ2) is 5.55. The van der Waals surface area contributed by atoms with E-state index in [1.54, 1.807) is 17.0 Å². The minimum atomic E-state index is -0.977. The Labute approximate surface area is 99.3 Å². The monoisotopic (exact) mass is 239 g/mol. The molecule has 0 aliphatic heterocycles. The number of amides is 1. The number of benzene rings is 1. The average Bonchev–Trinajstić information content (AvgIpc) is 2.30. The summed E-state index contributed by atoms with van der Waals surface area (Å²) in [6.07, 6.45) is 0. The lowest BCUT2D eigenvalue weighted by Gasteiger charge is -2.20. The second-order valence-corrected chi connectivity index (χ2v) is 3.46. The van der Waals surface area contributed by atoms with Gasteiger partial charge in [-0.15, -0.1) is 0 Å². The lowest BCUT2D eigenvalue weighted by molar-refractivity contribution is -0.116. The third-order valence-corrected chi connectivity index (χ3v) is 2.45. The Morgan fingerprint density at radius 3 is 2.25 bits per heavy atom. The van der Waals surface area contributed by atoms with Gasteiger partial charge in [0.25, 0.3) is 0 Å². The molecular formula is C11H13NO3S. The summed E-state index contributed by atoms with van der Waals surface area (Å²) in [6, 6.07) is 6.20. The molecule has 0 saturated carbocycles. The highest BCUT2D eigenvalue weighted by Gasteiger charge is 2.12. The number of carboxylic acid groups (broad SMARTS) is 1. The van der Waals surface area contributed by atoms with Crippen molar-refractivity contribution >= 4 is 30.2 Å². The Kier molecular flexibility index (Phi) is 4.37. The summed E-state index contributed by atoms with van der Waals surface area (Å²) in [4.78, 5) is 23.7. The van der Waals surface area contributed by atoms with Gasteiger partial charge in [0, 0.05) is 12.2 Å². The maximum atomic E-state index is 11.5. The van der Waals surface area contributed by atoms with Crippen LogP contribution in [0.3, 0.4) is 0 Å². The summed E-state index contributed by atoms with van der Waals surface area (Å²) in [5, 5.41) is 8.73. The number of carbonyl (C=O) groups excluding carboxylic acids is 1. The summed E-state index contributed by atoms with van der Waals surface area (Å²) < 4.78 is 0. The molecular weight excluding hydrogens is 226 g/mol. The zero-order valence-electron chi connectivity index (χ0n) is 8.88. The van der Waals surface area contributed by atoms with Crippen LogP contribution in [0.15, 0.2) is 24.3 Å². The summed E-state index contributed by atoms with van der Waals surface area (Å²) in [5.74, 6) is -0.946. The molecule has 16 heavy (non-hydrogen) atoms. The molecule has 1 rings (SSSR count). The topological polar surface area (TPSA) is 57.6 Å². The third kappa shape index (κ3) is 2.76. The van der Waals surface area contributed by atoms with Gasteiger partial charge in [0.05, 0.1) is 11.3 Å². The van der Waals surface area contributed by atoms with Crippen molar-refractivity contribution in [2.24, 2.45) is 0 Å². The lowest BCUT2D eigenvalue weighted by atomic mass is 10.2. The van der Waals surface area contributed by atoms with E-state index in [9.17, 15) is 9.59 Å². The minimum Gasteiger partial charge on any atom is -0.478 e. The fraction of sp³-hybridized carbons (Fsp3) is 0.273. The van der Waals surface area contributed by atoms with Crippen LogP contribution >= 0.6 is 12.6 Å². The van der Waals surface area contributed by atoms with Crippen molar-refractivity contribution in [2.45, 2.75) is 6.92 Å². The average molecular weight is 239 g/mol. The fourth-order valence-electron chi connectivity index (χ4n) is 1.37. The molecule has 0 aliphatic rings. The van der Waals surface area contributed by atoms with Crippen LogP contribution < -0.4 is 4.90 Å². The molecule has 0 bridgehead atoms. The van der Waals surface area contributed by atoms with E-state index in [0.29, 0.717) is 12.2 Å². The molecule has 1 N–H and O–H groups in total. The van der Waals surface area contributed by atoms with Crippen LogP contribution in [-0.4, -0.2) is 29.3 Å². The molecule has 0 spiro atoms. The number of thiol groups is 1. The second-order valence-electron chi connectivity index (χ2n) is 3.15. The Bertz CT molecular complexity index is 389. The zero-order valence-corrected chi connectivity index (χ0v) is 9.78. The van der Waals surface area contributed by atoms with E-state index >= 15 is 0 Å². The maximum Gasteiger partial charge on any atom is 0.335 e. The van der Waals surface area contributed by atoms with Gasteiger partial charge in [0.1, 0.15) is 0 Å². The Morgan fingerprint density at radius 2 is 1.88 bits per heavy atom. The number of carboxylic acids is 1. The number of nitrogens with zero attached hydrogens (tertiary/aromatic N) is 1. The molecule has 0 aromatic heterocycles. The van der Waals surface area contributed by atoms with Crippen LogP contribution in [-0.2, 0) is 4.79 Å². The quantitative estimate of drug-likeness (QED) is 0.786. The van der Waals surface area contributed by atoms with E-state index in [2.05, 4.69) is 12.6 Å². The number of anilines is 1. The van der Waals surface area contributed by atoms with Crippen LogP contribution in [0.25, 0.3) is 0 Å². The predicted molar refractivity (Wildman–Crippen MR) is 65.3 cm³/mol. The molecule has 0 aliphatic carbocycles. The normalized spacial score (nSPS) is 9.88. The Morgan fingerprint density at radius 1 is 1.31 bits per heavy atom. The van der Waals surface area contributed by atoms with Crippen LogP contribution in [0.5, 0.6) is 0 Å². The van der Waals surface area contributed by atoms with Gasteiger partial charge in [-0.3, -0.25) is 4.79 Å². The molecule has 0 unspecified atom stereocenters. The van der Waals surface area contributed by atoms with E-state index in [1.165, 1.54) is 12.1 Å². The Hall–Kier alpha value is -1.49. The zero-order chi connectivity index (χ0) is 12.1. The number of hydrogen-bond acceptors (Lipinski definition) is 3. The fourth-order valence-corrected chi connectivity index (χ4v) is 1.54. The summed E-state index contributed by atoms with van der Waals surface area (Å²) in [6.45, 7) is 2.39. The predicted octanol–water partition coefficient (Wildman–Crippen LogP) is 1.67. The number of aromatic carboxylic acids is 1. The van der Waals surface area contributed by atoms with Gasteiger partial charge >= 0.3 is 5.97 Å². The highest BCUT2D eigenvalue weighted by Crippen LogP contribution is 2.15. The standard InChI is InChI=1S/C11H13NO3S/c1-2-12(10(13)7-16)9-5-3-8(4-6-9)11(14)15/h3-6,16H,2,7H2,1H3,(H,14,15). The highest BCUT2D eigenvalue weighted by atomic mass is 32.1.